The summed E-state index contributed by atoms with van der Waals surface area (Å²) in [5, 5.41) is 22.3. The van der Waals surface area contributed by atoms with E-state index in [0.29, 0.717) is 11.1 Å². The number of nitrogens with zero attached hydrogens (tertiary/aromatic N) is 2. The molecule has 0 fully saturated rings. The molecule has 7 nitrogen and oxygen atoms in total. The van der Waals surface area contributed by atoms with Crippen molar-refractivity contribution in [2.75, 3.05) is 0 Å². The number of hydrogen-bond donors (Lipinski definition) is 2. The lowest BCUT2D eigenvalue weighted by Gasteiger charge is -2.12. The van der Waals surface area contributed by atoms with E-state index in [2.05, 4.69) is 9.98 Å². The van der Waals surface area contributed by atoms with E-state index in [9.17, 15) is 27.4 Å². The number of phenolic OH excluding ortho intramolecular Hbond substituents is 2. The largest absolute Gasteiger partial charge is 0.507 e. The van der Waals surface area contributed by atoms with E-state index in [4.69, 9.17) is 4.74 Å². The molecule has 0 unspecified atom stereocenters. The zero-order valence-electron chi connectivity index (χ0n) is 26.3. The third-order valence-corrected chi connectivity index (χ3v) is 9.93. The Balaban J connectivity index is 1.35. The van der Waals surface area contributed by atoms with Gasteiger partial charge in [-0.2, -0.15) is 0 Å². The normalized spacial score (nSPS) is 13.9. The standard InChI is InChI=1S/C40H28F2N2O5S/c41-31-15-29-21-43-33-9-3-11-35(19-33)50(47,48)36-12-4-10-34(20-36)44-22-30-16-32(42)18-38(40(30)46)28-8-2-6-26(14-28)24-49-23-25-5-1-7-27(13-25)37(17-31)39(29)45/h1-22,45-46H,23-24H2. The van der Waals surface area contributed by atoms with E-state index in [1.807, 2.05) is 12.1 Å². The summed E-state index contributed by atoms with van der Waals surface area (Å²) in [6.45, 7) is 0.406. The fraction of sp³-hybridized carbons (Fsp3) is 0.0500. The van der Waals surface area contributed by atoms with Crippen LogP contribution >= 0.6 is 0 Å². The molecule has 6 aromatic carbocycles. The number of fused-ring (bicyclic) bond motifs is 14. The molecule has 0 spiro atoms. The van der Waals surface area contributed by atoms with Crippen LogP contribution in [0.15, 0.2) is 141 Å². The Hall–Kier alpha value is -5.97. The van der Waals surface area contributed by atoms with Gasteiger partial charge in [-0.05, 0) is 95.1 Å². The van der Waals surface area contributed by atoms with Gasteiger partial charge in [0.25, 0.3) is 0 Å². The molecule has 0 atom stereocenters. The topological polar surface area (TPSA) is 109 Å². The van der Waals surface area contributed by atoms with Crippen molar-refractivity contribution < 1.29 is 32.1 Å². The summed E-state index contributed by atoms with van der Waals surface area (Å²) < 4.78 is 63.1. The van der Waals surface area contributed by atoms with Crippen LogP contribution in [0.3, 0.4) is 0 Å². The van der Waals surface area contributed by atoms with Crippen LogP contribution in [-0.4, -0.2) is 31.1 Å². The highest BCUT2D eigenvalue weighted by atomic mass is 32.2. The lowest BCUT2D eigenvalue weighted by molar-refractivity contribution is 0.107. The first-order chi connectivity index (χ1) is 24.1. The Morgan fingerprint density at radius 2 is 1.00 bits per heavy atom. The molecular formula is C40H28F2N2O5S. The fourth-order valence-electron chi connectivity index (χ4n) is 5.71. The molecule has 50 heavy (non-hydrogen) atoms. The molecule has 0 saturated heterocycles. The van der Waals surface area contributed by atoms with Crippen LogP contribution in [0.4, 0.5) is 20.2 Å². The predicted molar refractivity (Wildman–Crippen MR) is 188 cm³/mol. The van der Waals surface area contributed by atoms with Crippen LogP contribution in [0.25, 0.3) is 22.3 Å². The van der Waals surface area contributed by atoms with Gasteiger partial charge in [0.15, 0.2) is 0 Å². The first kappa shape index (κ1) is 32.6. The van der Waals surface area contributed by atoms with E-state index in [0.717, 1.165) is 23.3 Å². The molecule has 0 saturated carbocycles. The van der Waals surface area contributed by atoms with Gasteiger partial charge in [0.1, 0.15) is 23.1 Å². The van der Waals surface area contributed by atoms with Gasteiger partial charge in [-0.1, -0.05) is 48.5 Å². The number of rotatable bonds is 0. The van der Waals surface area contributed by atoms with Gasteiger partial charge in [0.05, 0.1) is 34.4 Å². The molecule has 0 amide bonds. The highest BCUT2D eigenvalue weighted by Gasteiger charge is 2.19. The maximum absolute atomic E-state index is 14.9. The minimum atomic E-state index is -4.05. The van der Waals surface area contributed by atoms with Crippen molar-refractivity contribution >= 4 is 33.6 Å². The zero-order chi connectivity index (χ0) is 34.8. The van der Waals surface area contributed by atoms with Gasteiger partial charge in [-0.3, -0.25) is 9.98 Å². The molecule has 10 heteroatoms. The van der Waals surface area contributed by atoms with E-state index in [-0.39, 0.29) is 68.1 Å². The van der Waals surface area contributed by atoms with Gasteiger partial charge >= 0.3 is 0 Å². The van der Waals surface area contributed by atoms with Gasteiger partial charge in [0.2, 0.25) is 9.84 Å². The molecule has 0 aromatic heterocycles. The third kappa shape index (κ3) is 6.80. The van der Waals surface area contributed by atoms with Crippen molar-refractivity contribution in [1.29, 1.82) is 0 Å². The predicted octanol–water partition coefficient (Wildman–Crippen LogP) is 9.07. The second-order valence-corrected chi connectivity index (χ2v) is 13.6. The zero-order valence-corrected chi connectivity index (χ0v) is 27.1. The smallest absolute Gasteiger partial charge is 0.206 e. The molecular weight excluding hydrogens is 659 g/mol. The molecule has 2 N–H and O–H groups in total. The molecule has 7 rings (SSSR count). The molecule has 248 valence electrons. The summed E-state index contributed by atoms with van der Waals surface area (Å²) in [6, 6.07) is 30.9. The summed E-state index contributed by atoms with van der Waals surface area (Å²) in [5.74, 6) is -1.58. The highest BCUT2D eigenvalue weighted by Crippen LogP contribution is 2.36. The van der Waals surface area contributed by atoms with Crippen molar-refractivity contribution in [2.24, 2.45) is 9.98 Å². The molecule has 1 aliphatic heterocycles. The summed E-state index contributed by atoms with van der Waals surface area (Å²) >= 11 is 0. The Kier molecular flexibility index (Phi) is 8.80. The number of halogens is 2. The second-order valence-electron chi connectivity index (χ2n) is 11.7. The van der Waals surface area contributed by atoms with Crippen LogP contribution in [0, 0.1) is 11.6 Å². The van der Waals surface area contributed by atoms with Gasteiger partial charge in [-0.15, -0.1) is 0 Å². The van der Waals surface area contributed by atoms with Crippen LogP contribution in [0.5, 0.6) is 11.5 Å². The summed E-state index contributed by atoms with van der Waals surface area (Å²) in [7, 11) is -4.05. The SMILES string of the molecule is O=S1(=O)c2cccc(c2)N=Cc2cc(F)cc(c2O)-c2cccc(c2)COCc2cccc(c2)-c2cc(F)cc(c2O)C=Nc2cccc1c2. The average Bonchev–Trinajstić information content (AvgIpc) is 3.12. The van der Waals surface area contributed by atoms with Crippen LogP contribution < -0.4 is 0 Å². The van der Waals surface area contributed by atoms with Crippen LogP contribution in [-0.2, 0) is 27.8 Å². The Morgan fingerprint density at radius 1 is 0.560 bits per heavy atom. The number of aromatic hydroxyl groups is 2. The Bertz CT molecular complexity index is 2280. The van der Waals surface area contributed by atoms with Crippen molar-refractivity contribution in [2.45, 2.75) is 23.0 Å². The summed E-state index contributed by atoms with van der Waals surface area (Å²) in [4.78, 5) is 8.61. The Morgan fingerprint density at radius 3 is 1.46 bits per heavy atom. The Labute approximate surface area is 287 Å². The number of aliphatic imine (C=N–C) groups is 2. The quantitative estimate of drug-likeness (QED) is 0.166. The van der Waals surface area contributed by atoms with E-state index >= 15 is 0 Å². The van der Waals surface area contributed by atoms with E-state index in [1.54, 1.807) is 48.5 Å². The van der Waals surface area contributed by atoms with Crippen molar-refractivity contribution in [3.8, 4) is 33.8 Å². The first-order valence-electron chi connectivity index (χ1n) is 15.5. The second kappa shape index (κ2) is 13.5. The monoisotopic (exact) mass is 686 g/mol. The molecule has 1 heterocycles. The lowest BCUT2D eigenvalue weighted by atomic mass is 9.99. The number of phenols is 2. The number of sulfone groups is 1. The number of hydrogen-bond acceptors (Lipinski definition) is 7. The third-order valence-electron chi connectivity index (χ3n) is 8.18. The maximum Gasteiger partial charge on any atom is 0.206 e. The minimum absolute atomic E-state index is 0.0486. The maximum atomic E-state index is 14.9. The first-order valence-corrected chi connectivity index (χ1v) is 17.0. The van der Waals surface area contributed by atoms with Crippen molar-refractivity contribution in [3.05, 3.63) is 155 Å². The van der Waals surface area contributed by atoms with Crippen LogP contribution in [0.1, 0.15) is 22.3 Å². The van der Waals surface area contributed by atoms with Gasteiger partial charge < -0.3 is 14.9 Å². The molecule has 6 aromatic rings. The fourth-order valence-corrected chi connectivity index (χ4v) is 7.05. The lowest BCUT2D eigenvalue weighted by Crippen LogP contribution is -2.01. The highest BCUT2D eigenvalue weighted by molar-refractivity contribution is 7.91. The summed E-state index contributed by atoms with van der Waals surface area (Å²) in [5.41, 5.74) is 3.87. The van der Waals surface area contributed by atoms with Gasteiger partial charge in [-0.25, -0.2) is 17.2 Å². The average molecular weight is 687 g/mol. The van der Waals surface area contributed by atoms with Crippen molar-refractivity contribution in [3.63, 3.8) is 0 Å². The van der Waals surface area contributed by atoms with Crippen molar-refractivity contribution in [1.82, 2.24) is 0 Å². The number of benzene rings is 6. The van der Waals surface area contributed by atoms with Crippen LogP contribution in [0.2, 0.25) is 0 Å². The van der Waals surface area contributed by atoms with E-state index < -0.39 is 21.5 Å². The summed E-state index contributed by atoms with van der Waals surface area (Å²) in [6.07, 6.45) is 2.56. The number of ether oxygens (including phenoxy) is 1. The molecule has 12 bridgehead atoms. The van der Waals surface area contributed by atoms with E-state index in [1.165, 1.54) is 61.0 Å². The molecule has 0 radical (unpaired) electrons. The molecule has 1 aliphatic rings. The minimum Gasteiger partial charge on any atom is -0.507 e. The van der Waals surface area contributed by atoms with Gasteiger partial charge in [0, 0.05) is 34.7 Å². The molecule has 0 aliphatic carbocycles.